The summed E-state index contributed by atoms with van der Waals surface area (Å²) in [7, 11) is -0.471. The molecule has 0 aromatic carbocycles. The number of anilines is 1. The van der Waals surface area contributed by atoms with Gasteiger partial charge in [-0.15, -0.1) is 0 Å². The van der Waals surface area contributed by atoms with E-state index in [0.29, 0.717) is 18.9 Å². The molecule has 19 heavy (non-hydrogen) atoms. The lowest BCUT2D eigenvalue weighted by Crippen LogP contribution is -2.25. The molecular formula is C10H16N3O5P. The molecule has 1 atom stereocenters. The minimum Gasteiger partial charge on any atom is -0.476 e. The van der Waals surface area contributed by atoms with Crippen molar-refractivity contribution in [2.45, 2.75) is 12.5 Å². The van der Waals surface area contributed by atoms with Crippen LogP contribution in [0.15, 0.2) is 6.20 Å². The number of hydrogen-bond acceptors (Lipinski definition) is 6. The highest BCUT2D eigenvalue weighted by molar-refractivity contribution is 7.53. The average Bonchev–Trinajstić information content (AvgIpc) is 2.84. The lowest BCUT2D eigenvalue weighted by Gasteiger charge is -2.27. The number of aromatic carboxylic acids is 1. The van der Waals surface area contributed by atoms with Crippen molar-refractivity contribution in [1.82, 2.24) is 9.55 Å². The topological polar surface area (TPSA) is 103 Å². The van der Waals surface area contributed by atoms with Gasteiger partial charge in [-0.3, -0.25) is 4.57 Å². The van der Waals surface area contributed by atoms with Crippen LogP contribution in [0.3, 0.4) is 0 Å². The zero-order chi connectivity index (χ0) is 14.0. The van der Waals surface area contributed by atoms with Crippen LogP contribution < -0.4 is 5.32 Å². The third kappa shape index (κ3) is 2.80. The minimum atomic E-state index is -3.14. The number of rotatable bonds is 5. The Morgan fingerprint density at radius 3 is 2.89 bits per heavy atom. The van der Waals surface area contributed by atoms with Crippen LogP contribution in [0.25, 0.3) is 0 Å². The third-order valence-corrected chi connectivity index (χ3v) is 5.08. The quantitative estimate of drug-likeness (QED) is 0.790. The van der Waals surface area contributed by atoms with Gasteiger partial charge in [0.2, 0.25) is 5.95 Å². The molecule has 2 heterocycles. The van der Waals surface area contributed by atoms with E-state index in [9.17, 15) is 9.36 Å². The summed E-state index contributed by atoms with van der Waals surface area (Å²) in [6, 6.07) is -0.164. The van der Waals surface area contributed by atoms with Crippen LogP contribution in [-0.4, -0.2) is 47.6 Å². The van der Waals surface area contributed by atoms with Gasteiger partial charge in [-0.1, -0.05) is 0 Å². The summed E-state index contributed by atoms with van der Waals surface area (Å²) in [5.41, 5.74) is -0.0425. The molecule has 0 radical (unpaired) electrons. The van der Waals surface area contributed by atoms with Crippen molar-refractivity contribution < 1.29 is 23.5 Å². The molecule has 0 fully saturated rings. The first-order chi connectivity index (χ1) is 8.99. The molecule has 0 bridgehead atoms. The van der Waals surface area contributed by atoms with Crippen molar-refractivity contribution in [3.05, 3.63) is 11.9 Å². The summed E-state index contributed by atoms with van der Waals surface area (Å²) in [6.07, 6.45) is 2.31. The fourth-order valence-electron chi connectivity index (χ4n) is 2.06. The fraction of sp³-hybridized carbons (Fsp3) is 0.600. The maximum Gasteiger partial charge on any atom is 0.356 e. The van der Waals surface area contributed by atoms with Gasteiger partial charge in [0.25, 0.3) is 0 Å². The molecule has 8 nitrogen and oxygen atoms in total. The monoisotopic (exact) mass is 289 g/mol. The van der Waals surface area contributed by atoms with Crippen LogP contribution in [0, 0.1) is 0 Å². The van der Waals surface area contributed by atoms with Gasteiger partial charge in [-0.2, -0.15) is 0 Å². The summed E-state index contributed by atoms with van der Waals surface area (Å²) in [5.74, 6) is -0.628. The third-order valence-electron chi connectivity index (χ3n) is 3.10. The normalized spacial score (nSPS) is 18.7. The van der Waals surface area contributed by atoms with Crippen molar-refractivity contribution in [2.24, 2.45) is 0 Å². The van der Waals surface area contributed by atoms with Crippen LogP contribution in [-0.2, 0) is 13.6 Å². The second kappa shape index (κ2) is 5.32. The molecular weight excluding hydrogens is 273 g/mol. The molecule has 0 saturated heterocycles. The standard InChI is InChI=1S/C10H16N3O5P/c1-17-19(16,18-2)6-7-3-4-11-10-12-8(9(14)15)5-13(7)10/h5,7H,3-4,6H2,1-2H3,(H,11,12)(H,14,15). The first-order valence-corrected chi connectivity index (χ1v) is 7.48. The SMILES string of the molecule is COP(=O)(CC1CCNc2nc(C(=O)O)cn21)OC. The van der Waals surface area contributed by atoms with E-state index in [0.717, 1.165) is 0 Å². The van der Waals surface area contributed by atoms with Gasteiger partial charge in [-0.25, -0.2) is 9.78 Å². The minimum absolute atomic E-state index is 0.0425. The van der Waals surface area contributed by atoms with E-state index in [1.807, 2.05) is 0 Å². The van der Waals surface area contributed by atoms with Crippen molar-refractivity contribution in [2.75, 3.05) is 32.2 Å². The number of aromatic nitrogens is 2. The molecule has 2 rings (SSSR count). The van der Waals surface area contributed by atoms with Gasteiger partial charge >= 0.3 is 13.6 Å². The van der Waals surface area contributed by atoms with Gasteiger partial charge in [0.15, 0.2) is 5.69 Å². The summed E-state index contributed by atoms with van der Waals surface area (Å²) in [4.78, 5) is 14.9. The van der Waals surface area contributed by atoms with E-state index >= 15 is 0 Å². The summed E-state index contributed by atoms with van der Waals surface area (Å²) >= 11 is 0. The van der Waals surface area contributed by atoms with Gasteiger partial charge < -0.3 is 24.0 Å². The average molecular weight is 289 g/mol. The lowest BCUT2D eigenvalue weighted by molar-refractivity contribution is 0.0691. The van der Waals surface area contributed by atoms with Crippen LogP contribution in [0.2, 0.25) is 0 Å². The zero-order valence-electron chi connectivity index (χ0n) is 10.7. The number of hydrogen-bond donors (Lipinski definition) is 2. The molecule has 106 valence electrons. The van der Waals surface area contributed by atoms with Gasteiger partial charge in [-0.05, 0) is 6.42 Å². The number of fused-ring (bicyclic) bond motifs is 1. The predicted octanol–water partition coefficient (Wildman–Crippen LogP) is 1.42. The van der Waals surface area contributed by atoms with Crippen molar-refractivity contribution in [3.63, 3.8) is 0 Å². The van der Waals surface area contributed by atoms with Crippen LogP contribution in [0.1, 0.15) is 23.0 Å². The highest BCUT2D eigenvalue weighted by Gasteiger charge is 2.31. The molecule has 1 aliphatic rings. The molecule has 1 aliphatic heterocycles. The van der Waals surface area contributed by atoms with Crippen molar-refractivity contribution in [1.29, 1.82) is 0 Å². The van der Waals surface area contributed by atoms with Gasteiger partial charge in [0.05, 0.1) is 6.16 Å². The fourth-order valence-corrected chi connectivity index (χ4v) is 3.38. The number of carboxylic acids is 1. The summed E-state index contributed by atoms with van der Waals surface area (Å²) < 4.78 is 23.7. The van der Waals surface area contributed by atoms with E-state index in [1.165, 1.54) is 20.4 Å². The maximum absolute atomic E-state index is 12.2. The number of imidazole rings is 1. The molecule has 1 aromatic heterocycles. The van der Waals surface area contributed by atoms with Crippen LogP contribution in [0.4, 0.5) is 5.95 Å². The molecule has 9 heteroatoms. The molecule has 0 saturated carbocycles. The Bertz CT molecular complexity index is 521. The second-order valence-corrected chi connectivity index (χ2v) is 6.51. The Balaban J connectivity index is 2.27. The van der Waals surface area contributed by atoms with E-state index < -0.39 is 13.6 Å². The number of carbonyl (C=O) groups is 1. The van der Waals surface area contributed by atoms with E-state index in [4.69, 9.17) is 14.2 Å². The summed E-state index contributed by atoms with van der Waals surface area (Å²) in [6.45, 7) is 0.633. The lowest BCUT2D eigenvalue weighted by atomic mass is 10.2. The van der Waals surface area contributed by atoms with Crippen LogP contribution >= 0.6 is 7.60 Å². The largest absolute Gasteiger partial charge is 0.476 e. The first-order valence-electron chi connectivity index (χ1n) is 5.75. The van der Waals surface area contributed by atoms with Crippen LogP contribution in [0.5, 0.6) is 0 Å². The number of nitrogens with one attached hydrogen (secondary N) is 1. The molecule has 0 spiro atoms. The maximum atomic E-state index is 12.2. The molecule has 0 amide bonds. The number of nitrogens with zero attached hydrogens (tertiary/aromatic N) is 2. The Kier molecular flexibility index (Phi) is 3.93. The summed E-state index contributed by atoms with van der Waals surface area (Å²) in [5, 5.41) is 11.9. The Labute approximate surface area is 110 Å². The number of carboxylic acid groups (broad SMARTS) is 1. The predicted molar refractivity (Wildman–Crippen MR) is 67.8 cm³/mol. The van der Waals surface area contributed by atoms with Gasteiger partial charge in [0.1, 0.15) is 0 Å². The smallest absolute Gasteiger partial charge is 0.356 e. The van der Waals surface area contributed by atoms with E-state index in [2.05, 4.69) is 10.3 Å². The molecule has 2 N–H and O–H groups in total. The Morgan fingerprint density at radius 2 is 2.32 bits per heavy atom. The molecule has 1 aromatic rings. The highest BCUT2D eigenvalue weighted by atomic mass is 31.2. The molecule has 1 unspecified atom stereocenters. The van der Waals surface area contributed by atoms with Crippen molar-refractivity contribution >= 4 is 19.5 Å². The highest BCUT2D eigenvalue weighted by Crippen LogP contribution is 2.50. The van der Waals surface area contributed by atoms with Crippen molar-refractivity contribution in [3.8, 4) is 0 Å². The second-order valence-electron chi connectivity index (χ2n) is 4.19. The molecule has 0 aliphatic carbocycles. The Morgan fingerprint density at radius 1 is 1.63 bits per heavy atom. The first kappa shape index (κ1) is 14.0. The van der Waals surface area contributed by atoms with Gasteiger partial charge in [0, 0.05) is 33.0 Å². The van der Waals surface area contributed by atoms with E-state index in [-0.39, 0.29) is 17.9 Å². The Hall–Kier alpha value is -1.37. The zero-order valence-corrected chi connectivity index (χ0v) is 11.6. The van der Waals surface area contributed by atoms with E-state index in [1.54, 1.807) is 4.57 Å².